The molecule has 4 aliphatic heterocycles. The smallest absolute Gasteiger partial charge is 0.240 e. The lowest BCUT2D eigenvalue weighted by Crippen LogP contribution is -2.49. The molecule has 0 aliphatic carbocycles. The highest BCUT2D eigenvalue weighted by Gasteiger charge is 2.43. The maximum absolute atomic E-state index is 15.0. The number of halogens is 4. The van der Waals surface area contributed by atoms with Gasteiger partial charge in [-0.05, 0) is 123 Å². The number of alkyl halides is 2. The van der Waals surface area contributed by atoms with Gasteiger partial charge in [0.25, 0.3) is 0 Å². The number of hydrogen-bond donors (Lipinski definition) is 2. The molecule has 58 heavy (non-hydrogen) atoms. The van der Waals surface area contributed by atoms with Gasteiger partial charge in [-0.15, -0.1) is 0 Å². The average Bonchev–Trinajstić information content (AvgIpc) is 3.81. The predicted molar refractivity (Wildman–Crippen MR) is 214 cm³/mol. The molecule has 12 heteroatoms. The minimum absolute atomic E-state index is 0.0251. The number of piperidine rings is 2. The Bertz CT molecular complexity index is 1860. The fourth-order valence-corrected chi connectivity index (χ4v) is 9.28. The van der Waals surface area contributed by atoms with Crippen LogP contribution >= 0.6 is 0 Å². The van der Waals surface area contributed by atoms with E-state index in [0.717, 1.165) is 22.3 Å². The standard InChI is InChI=1S/2C23H26F2N2O2/c2*1-15(16-2-6-18(24)7-3-16)27-13-11-22(23(27)29)26-12-10-20(21(25)14-26)17-4-8-19(28)9-5-17/h2*2-9,15,20-22,28H,10-14H2,1H3/t15-,20-,21+,22+;15-,20-,21+,22-/m00/s1. The number of phenolic OH excluding ortho intramolecular Hbond substituents is 2. The fourth-order valence-electron chi connectivity index (χ4n) is 9.28. The number of likely N-dealkylation sites (tertiary alicyclic amines) is 4. The van der Waals surface area contributed by atoms with Crippen LogP contribution in [-0.2, 0) is 9.59 Å². The molecule has 4 fully saturated rings. The Hall–Kier alpha value is -4.94. The van der Waals surface area contributed by atoms with Crippen LogP contribution in [0, 0.1) is 11.6 Å². The molecular formula is C46H52F4N4O4. The van der Waals surface area contributed by atoms with E-state index in [1.807, 2.05) is 33.4 Å². The first kappa shape index (κ1) is 41.2. The van der Waals surface area contributed by atoms with Crippen molar-refractivity contribution in [3.63, 3.8) is 0 Å². The van der Waals surface area contributed by atoms with Gasteiger partial charge in [-0.1, -0.05) is 48.5 Å². The molecule has 0 aromatic heterocycles. The lowest BCUT2D eigenvalue weighted by molar-refractivity contribution is -0.135. The van der Waals surface area contributed by atoms with Crippen LogP contribution < -0.4 is 0 Å². The lowest BCUT2D eigenvalue weighted by Gasteiger charge is -2.38. The van der Waals surface area contributed by atoms with Crippen molar-refractivity contribution < 1.29 is 37.4 Å². The van der Waals surface area contributed by atoms with Crippen molar-refractivity contribution in [1.29, 1.82) is 0 Å². The zero-order chi connectivity index (χ0) is 41.1. The van der Waals surface area contributed by atoms with Crippen molar-refractivity contribution >= 4 is 11.8 Å². The lowest BCUT2D eigenvalue weighted by atomic mass is 9.87. The van der Waals surface area contributed by atoms with Gasteiger partial charge in [-0.3, -0.25) is 19.4 Å². The first-order valence-corrected chi connectivity index (χ1v) is 20.3. The molecule has 2 N–H and O–H groups in total. The molecule has 4 aromatic rings. The maximum atomic E-state index is 15.0. The van der Waals surface area contributed by atoms with E-state index < -0.39 is 12.3 Å². The topological polar surface area (TPSA) is 87.6 Å². The summed E-state index contributed by atoms with van der Waals surface area (Å²) in [5.41, 5.74) is 3.57. The Balaban J connectivity index is 0.000000177. The summed E-state index contributed by atoms with van der Waals surface area (Å²) < 4.78 is 56.3. The molecular weight excluding hydrogens is 749 g/mol. The van der Waals surface area contributed by atoms with Gasteiger partial charge < -0.3 is 20.0 Å². The third kappa shape index (κ3) is 9.03. The number of nitrogens with zero attached hydrogens (tertiary/aromatic N) is 4. The van der Waals surface area contributed by atoms with E-state index in [0.29, 0.717) is 51.9 Å². The van der Waals surface area contributed by atoms with Gasteiger partial charge in [-0.25, -0.2) is 17.6 Å². The van der Waals surface area contributed by atoms with Crippen LogP contribution in [0.2, 0.25) is 0 Å². The zero-order valence-electron chi connectivity index (χ0n) is 32.9. The Morgan fingerprint density at radius 3 is 1.19 bits per heavy atom. The molecule has 0 saturated carbocycles. The van der Waals surface area contributed by atoms with Crippen LogP contribution in [0.15, 0.2) is 97.1 Å². The Kier molecular flexibility index (Phi) is 12.7. The van der Waals surface area contributed by atoms with Crippen LogP contribution in [0.4, 0.5) is 17.6 Å². The molecule has 0 radical (unpaired) electrons. The average molecular weight is 801 g/mol. The predicted octanol–water partition coefficient (Wildman–Crippen LogP) is 8.04. The van der Waals surface area contributed by atoms with E-state index in [9.17, 15) is 37.4 Å². The molecule has 8 rings (SSSR count). The number of hydrogen-bond acceptors (Lipinski definition) is 6. The molecule has 0 spiro atoms. The highest BCUT2D eigenvalue weighted by atomic mass is 19.1. The van der Waals surface area contributed by atoms with Crippen LogP contribution in [-0.4, -0.2) is 105 Å². The van der Waals surface area contributed by atoms with Gasteiger partial charge >= 0.3 is 0 Å². The number of aromatic hydroxyl groups is 2. The molecule has 0 bridgehead atoms. The number of amides is 2. The first-order chi connectivity index (χ1) is 27.9. The quantitative estimate of drug-likeness (QED) is 0.176. The van der Waals surface area contributed by atoms with E-state index in [4.69, 9.17) is 0 Å². The third-order valence-corrected chi connectivity index (χ3v) is 12.7. The summed E-state index contributed by atoms with van der Waals surface area (Å²) >= 11 is 0. The molecule has 4 aromatic carbocycles. The zero-order valence-corrected chi connectivity index (χ0v) is 32.9. The van der Waals surface area contributed by atoms with Crippen molar-refractivity contribution in [3.05, 3.63) is 131 Å². The number of rotatable bonds is 8. The summed E-state index contributed by atoms with van der Waals surface area (Å²) in [4.78, 5) is 33.7. The summed E-state index contributed by atoms with van der Waals surface area (Å²) in [5.74, 6) is -0.611. The van der Waals surface area contributed by atoms with Gasteiger partial charge in [0.1, 0.15) is 35.5 Å². The van der Waals surface area contributed by atoms with Gasteiger partial charge in [0.2, 0.25) is 11.8 Å². The largest absolute Gasteiger partial charge is 0.508 e. The third-order valence-electron chi connectivity index (χ3n) is 12.7. The minimum atomic E-state index is -1.05. The SMILES string of the molecule is C[C@@H](c1ccc(F)cc1)N1CC[C@@H](N2CC[C@@H](c3ccc(O)cc3)[C@H](F)C2)C1=O.C[C@@H](c1ccc(F)cc1)N1CC[C@H](N2CC[C@@H](c3ccc(O)cc3)[C@H](F)C2)C1=O. The minimum Gasteiger partial charge on any atom is -0.508 e. The van der Waals surface area contributed by atoms with E-state index in [1.165, 1.54) is 24.3 Å². The Labute approximate surface area is 337 Å². The molecule has 308 valence electrons. The summed E-state index contributed by atoms with van der Waals surface area (Å²) in [7, 11) is 0. The molecule has 8 nitrogen and oxygen atoms in total. The van der Waals surface area contributed by atoms with Crippen molar-refractivity contribution in [2.24, 2.45) is 0 Å². The van der Waals surface area contributed by atoms with E-state index in [1.54, 1.807) is 72.8 Å². The summed E-state index contributed by atoms with van der Waals surface area (Å²) in [6.45, 7) is 6.95. The van der Waals surface area contributed by atoms with E-state index in [2.05, 4.69) is 0 Å². The number of carbonyl (C=O) groups is 2. The van der Waals surface area contributed by atoms with Crippen molar-refractivity contribution in [2.45, 2.75) is 87.9 Å². The Morgan fingerprint density at radius 2 is 0.862 bits per heavy atom. The summed E-state index contributed by atoms with van der Waals surface area (Å²) in [6.07, 6.45) is 0.545. The first-order valence-electron chi connectivity index (χ1n) is 20.3. The van der Waals surface area contributed by atoms with Crippen LogP contribution in [0.25, 0.3) is 0 Å². The summed E-state index contributed by atoms with van der Waals surface area (Å²) in [6, 6.07) is 25.1. The van der Waals surface area contributed by atoms with Crippen LogP contribution in [0.1, 0.15) is 85.7 Å². The van der Waals surface area contributed by atoms with E-state index >= 15 is 0 Å². The normalized spacial score (nSPS) is 26.7. The van der Waals surface area contributed by atoms with E-state index in [-0.39, 0.29) is 84.0 Å². The van der Waals surface area contributed by atoms with Crippen molar-refractivity contribution in [1.82, 2.24) is 19.6 Å². The Morgan fingerprint density at radius 1 is 0.517 bits per heavy atom. The number of phenols is 2. The van der Waals surface area contributed by atoms with Crippen LogP contribution in [0.5, 0.6) is 11.5 Å². The fraction of sp³-hybridized carbons (Fsp3) is 0.435. The molecule has 4 heterocycles. The molecule has 2 amide bonds. The van der Waals surface area contributed by atoms with Crippen LogP contribution in [0.3, 0.4) is 0 Å². The molecule has 4 aliphatic rings. The van der Waals surface area contributed by atoms with Gasteiger partial charge in [0.05, 0.1) is 24.2 Å². The maximum Gasteiger partial charge on any atom is 0.240 e. The highest BCUT2D eigenvalue weighted by molar-refractivity contribution is 5.85. The highest BCUT2D eigenvalue weighted by Crippen LogP contribution is 2.37. The number of benzene rings is 4. The molecule has 4 saturated heterocycles. The van der Waals surface area contributed by atoms with Crippen molar-refractivity contribution in [2.75, 3.05) is 39.3 Å². The van der Waals surface area contributed by atoms with Crippen molar-refractivity contribution in [3.8, 4) is 11.5 Å². The second-order valence-electron chi connectivity index (χ2n) is 16.1. The number of carbonyl (C=O) groups excluding carboxylic acids is 2. The summed E-state index contributed by atoms with van der Waals surface area (Å²) in [5, 5.41) is 18.9. The second-order valence-corrected chi connectivity index (χ2v) is 16.1. The van der Waals surface area contributed by atoms with Gasteiger partial charge in [0.15, 0.2) is 0 Å². The molecule has 8 atom stereocenters. The second kappa shape index (κ2) is 17.9. The molecule has 0 unspecified atom stereocenters. The monoisotopic (exact) mass is 800 g/mol. The van der Waals surface area contributed by atoms with Gasteiger partial charge in [0, 0.05) is 38.0 Å². The van der Waals surface area contributed by atoms with Gasteiger partial charge in [-0.2, -0.15) is 0 Å².